The second-order valence-corrected chi connectivity index (χ2v) is 10.3. The van der Waals surface area contributed by atoms with Gasteiger partial charge >= 0.3 is 0 Å². The van der Waals surface area contributed by atoms with Crippen molar-refractivity contribution in [2.75, 3.05) is 24.6 Å². The molecule has 3 aliphatic rings. The molecule has 0 radical (unpaired) electrons. The summed E-state index contributed by atoms with van der Waals surface area (Å²) >= 11 is 1.63. The van der Waals surface area contributed by atoms with Gasteiger partial charge in [0.2, 0.25) is 11.8 Å². The zero-order valence-corrected chi connectivity index (χ0v) is 15.6. The van der Waals surface area contributed by atoms with E-state index in [-0.39, 0.29) is 47.7 Å². The van der Waals surface area contributed by atoms with E-state index in [2.05, 4.69) is 11.4 Å². The van der Waals surface area contributed by atoms with Gasteiger partial charge in [0.1, 0.15) is 0 Å². The fraction of sp³-hybridized carbons (Fsp3) is 0.647. The maximum Gasteiger partial charge on any atom is 0.228 e. The fourth-order valence-corrected chi connectivity index (χ4v) is 6.79. The summed E-state index contributed by atoms with van der Waals surface area (Å²) in [5.74, 6) is -0.181. The fourth-order valence-electron chi connectivity index (χ4n) is 4.35. The molecule has 0 aromatic carbocycles. The van der Waals surface area contributed by atoms with Crippen LogP contribution in [-0.2, 0) is 19.4 Å². The van der Waals surface area contributed by atoms with E-state index < -0.39 is 9.84 Å². The van der Waals surface area contributed by atoms with Crippen LogP contribution < -0.4 is 0 Å². The standard InChI is InChI=1S/C17H22N2O4S2/c20-16-8-13(9-19(16)14-4-7-25(22,23)11-14)17(21)18-5-1-2-15(18)12-3-6-24-10-12/h3,6,10,13-15H,1-2,4-5,7-9,11H2/t13-,14-,15-/m0/s1. The molecule has 4 rings (SSSR count). The quantitative estimate of drug-likeness (QED) is 0.793. The molecule has 0 saturated carbocycles. The summed E-state index contributed by atoms with van der Waals surface area (Å²) in [6.07, 6.45) is 2.66. The van der Waals surface area contributed by atoms with Gasteiger partial charge in [0.25, 0.3) is 0 Å². The van der Waals surface area contributed by atoms with Gasteiger partial charge in [-0.1, -0.05) is 0 Å². The van der Waals surface area contributed by atoms with Crippen LogP contribution in [0, 0.1) is 5.92 Å². The molecule has 3 fully saturated rings. The van der Waals surface area contributed by atoms with E-state index in [1.165, 1.54) is 5.56 Å². The Morgan fingerprint density at radius 1 is 1.28 bits per heavy atom. The molecule has 25 heavy (non-hydrogen) atoms. The van der Waals surface area contributed by atoms with Gasteiger partial charge < -0.3 is 9.80 Å². The van der Waals surface area contributed by atoms with Gasteiger partial charge in [0, 0.05) is 25.6 Å². The summed E-state index contributed by atoms with van der Waals surface area (Å²) in [5, 5.41) is 4.11. The first-order valence-electron chi connectivity index (χ1n) is 8.77. The van der Waals surface area contributed by atoms with E-state index >= 15 is 0 Å². The average molecular weight is 383 g/mol. The van der Waals surface area contributed by atoms with Crippen LogP contribution in [0.3, 0.4) is 0 Å². The lowest BCUT2D eigenvalue weighted by atomic mass is 10.0. The number of likely N-dealkylation sites (tertiary alicyclic amines) is 2. The monoisotopic (exact) mass is 382 g/mol. The van der Waals surface area contributed by atoms with Gasteiger partial charge in [-0.3, -0.25) is 9.59 Å². The number of amides is 2. The molecule has 0 spiro atoms. The van der Waals surface area contributed by atoms with Crippen LogP contribution in [0.4, 0.5) is 0 Å². The largest absolute Gasteiger partial charge is 0.338 e. The Bertz CT molecular complexity index is 775. The van der Waals surface area contributed by atoms with Crippen molar-refractivity contribution < 1.29 is 18.0 Å². The smallest absolute Gasteiger partial charge is 0.228 e. The van der Waals surface area contributed by atoms with E-state index in [1.807, 2.05) is 10.3 Å². The molecule has 2 amide bonds. The molecule has 0 N–H and O–H groups in total. The zero-order chi connectivity index (χ0) is 17.6. The Morgan fingerprint density at radius 3 is 2.80 bits per heavy atom. The molecule has 3 aliphatic heterocycles. The molecule has 0 aliphatic carbocycles. The van der Waals surface area contributed by atoms with Crippen molar-refractivity contribution in [2.45, 2.75) is 37.8 Å². The number of rotatable bonds is 3. The van der Waals surface area contributed by atoms with Crippen LogP contribution in [-0.4, -0.2) is 60.7 Å². The Kier molecular flexibility index (Phi) is 4.35. The molecule has 1 aromatic heterocycles. The molecule has 0 unspecified atom stereocenters. The highest BCUT2D eigenvalue weighted by Crippen LogP contribution is 2.36. The molecule has 8 heteroatoms. The molecule has 136 valence electrons. The topological polar surface area (TPSA) is 74.8 Å². The number of carbonyl (C=O) groups is 2. The molecule has 3 atom stereocenters. The summed E-state index contributed by atoms with van der Waals surface area (Å²) in [5.41, 5.74) is 1.18. The van der Waals surface area contributed by atoms with Crippen LogP contribution in [0.15, 0.2) is 16.8 Å². The SMILES string of the molecule is O=C1C[C@H](C(=O)N2CCC[C@H]2c2ccsc2)CN1[C@H]1CCS(=O)(=O)C1. The molecular formula is C17H22N2O4S2. The summed E-state index contributed by atoms with van der Waals surface area (Å²) < 4.78 is 23.4. The number of carbonyl (C=O) groups excluding carboxylic acids is 2. The average Bonchev–Trinajstić information content (AvgIpc) is 3.31. The first-order chi connectivity index (χ1) is 11.9. The van der Waals surface area contributed by atoms with Gasteiger partial charge in [-0.15, -0.1) is 0 Å². The number of nitrogens with zero attached hydrogens (tertiary/aromatic N) is 2. The van der Waals surface area contributed by atoms with Crippen molar-refractivity contribution >= 4 is 33.0 Å². The summed E-state index contributed by atoms with van der Waals surface area (Å²) in [4.78, 5) is 29.0. The first-order valence-corrected chi connectivity index (χ1v) is 11.5. The van der Waals surface area contributed by atoms with E-state index in [9.17, 15) is 18.0 Å². The minimum absolute atomic E-state index is 0.0426. The van der Waals surface area contributed by atoms with Crippen molar-refractivity contribution in [3.05, 3.63) is 22.4 Å². The molecule has 1 aromatic rings. The van der Waals surface area contributed by atoms with Crippen molar-refractivity contribution in [2.24, 2.45) is 5.92 Å². The van der Waals surface area contributed by atoms with Gasteiger partial charge in [-0.25, -0.2) is 8.42 Å². The second kappa shape index (κ2) is 6.39. The van der Waals surface area contributed by atoms with Crippen LogP contribution in [0.25, 0.3) is 0 Å². The molecule has 4 heterocycles. The molecular weight excluding hydrogens is 360 g/mol. The molecule has 0 bridgehead atoms. The van der Waals surface area contributed by atoms with E-state index in [0.717, 1.165) is 19.4 Å². The third-order valence-electron chi connectivity index (χ3n) is 5.62. The Morgan fingerprint density at radius 2 is 2.12 bits per heavy atom. The summed E-state index contributed by atoms with van der Waals surface area (Å²) in [7, 11) is -3.04. The predicted octanol–water partition coefficient (Wildman–Crippen LogP) is 1.45. The van der Waals surface area contributed by atoms with Crippen LogP contribution >= 0.6 is 11.3 Å². The number of thiophene rings is 1. The second-order valence-electron chi connectivity index (χ2n) is 7.25. The van der Waals surface area contributed by atoms with Crippen LogP contribution in [0.5, 0.6) is 0 Å². The maximum atomic E-state index is 13.0. The van der Waals surface area contributed by atoms with E-state index in [1.54, 1.807) is 16.2 Å². The van der Waals surface area contributed by atoms with E-state index in [4.69, 9.17) is 0 Å². The number of hydrogen-bond donors (Lipinski definition) is 0. The molecule has 6 nitrogen and oxygen atoms in total. The van der Waals surface area contributed by atoms with E-state index in [0.29, 0.717) is 13.0 Å². The predicted molar refractivity (Wildman–Crippen MR) is 94.9 cm³/mol. The number of hydrogen-bond acceptors (Lipinski definition) is 5. The highest BCUT2D eigenvalue weighted by molar-refractivity contribution is 7.91. The minimum Gasteiger partial charge on any atom is -0.338 e. The highest BCUT2D eigenvalue weighted by atomic mass is 32.2. The van der Waals surface area contributed by atoms with Gasteiger partial charge in [0.05, 0.1) is 23.5 Å². The van der Waals surface area contributed by atoms with Crippen molar-refractivity contribution in [3.63, 3.8) is 0 Å². The van der Waals surface area contributed by atoms with Gasteiger partial charge in [-0.05, 0) is 41.7 Å². The third kappa shape index (κ3) is 3.21. The summed E-state index contributed by atoms with van der Waals surface area (Å²) in [6.45, 7) is 1.10. The lowest BCUT2D eigenvalue weighted by Crippen LogP contribution is -2.40. The first kappa shape index (κ1) is 17.0. The van der Waals surface area contributed by atoms with Crippen molar-refractivity contribution in [1.82, 2.24) is 9.80 Å². The summed E-state index contributed by atoms with van der Waals surface area (Å²) in [6, 6.07) is 1.94. The van der Waals surface area contributed by atoms with Crippen LogP contribution in [0.1, 0.15) is 37.3 Å². The van der Waals surface area contributed by atoms with Crippen molar-refractivity contribution in [3.8, 4) is 0 Å². The highest BCUT2D eigenvalue weighted by Gasteiger charge is 2.44. The van der Waals surface area contributed by atoms with Gasteiger partial charge in [-0.2, -0.15) is 11.3 Å². The third-order valence-corrected chi connectivity index (χ3v) is 8.07. The normalized spacial score (nSPS) is 31.8. The molecule has 3 saturated heterocycles. The number of sulfone groups is 1. The van der Waals surface area contributed by atoms with Gasteiger partial charge in [0.15, 0.2) is 9.84 Å². The lowest BCUT2D eigenvalue weighted by molar-refractivity contribution is -0.136. The maximum absolute atomic E-state index is 13.0. The Hall–Kier alpha value is -1.41. The Balaban J connectivity index is 1.46. The Labute approximate surface area is 151 Å². The van der Waals surface area contributed by atoms with Crippen LogP contribution in [0.2, 0.25) is 0 Å². The van der Waals surface area contributed by atoms with Crippen molar-refractivity contribution in [1.29, 1.82) is 0 Å². The lowest BCUT2D eigenvalue weighted by Gasteiger charge is -2.28. The zero-order valence-electron chi connectivity index (χ0n) is 14.0. The minimum atomic E-state index is -3.04.